The summed E-state index contributed by atoms with van der Waals surface area (Å²) in [5, 5.41) is 2.82. The highest BCUT2D eigenvalue weighted by molar-refractivity contribution is 7.90. The first-order valence-corrected chi connectivity index (χ1v) is 8.34. The van der Waals surface area contributed by atoms with Crippen molar-refractivity contribution in [1.82, 2.24) is 10.0 Å². The molecule has 1 atom stereocenters. The summed E-state index contributed by atoms with van der Waals surface area (Å²) < 4.78 is 31.8. The Balaban J connectivity index is 2.13. The molecule has 0 aromatic heterocycles. The van der Waals surface area contributed by atoms with Gasteiger partial charge in [0.1, 0.15) is 0 Å². The van der Waals surface area contributed by atoms with Crippen LogP contribution in [0.25, 0.3) is 0 Å². The van der Waals surface area contributed by atoms with E-state index in [-0.39, 0.29) is 5.25 Å². The van der Waals surface area contributed by atoms with Gasteiger partial charge in [0, 0.05) is 19.7 Å². The molecule has 18 heavy (non-hydrogen) atoms. The van der Waals surface area contributed by atoms with Crippen LogP contribution < -0.4 is 10.0 Å². The van der Waals surface area contributed by atoms with E-state index in [1.807, 2.05) is 0 Å². The Bertz CT molecular complexity index is 311. The van der Waals surface area contributed by atoms with E-state index in [4.69, 9.17) is 4.74 Å². The van der Waals surface area contributed by atoms with Gasteiger partial charge in [-0.3, -0.25) is 0 Å². The minimum absolute atomic E-state index is 0.290. The number of rotatable bonds is 8. The standard InChI is InChI=1S/C12H26N2O3S/c1-11(2)5-8-17-9-7-14-18(15,16)12-4-3-6-13-10-12/h11-14H,3-10H2,1-2H3. The van der Waals surface area contributed by atoms with Crippen molar-refractivity contribution in [3.63, 3.8) is 0 Å². The van der Waals surface area contributed by atoms with Crippen LogP contribution in [0.3, 0.4) is 0 Å². The molecule has 0 bridgehead atoms. The summed E-state index contributed by atoms with van der Waals surface area (Å²) in [7, 11) is -3.18. The van der Waals surface area contributed by atoms with Gasteiger partial charge in [0.2, 0.25) is 10.0 Å². The second kappa shape index (κ2) is 8.09. The van der Waals surface area contributed by atoms with Crippen LogP contribution in [0.2, 0.25) is 0 Å². The third kappa shape index (κ3) is 6.13. The molecule has 1 saturated heterocycles. The van der Waals surface area contributed by atoms with E-state index in [2.05, 4.69) is 23.9 Å². The summed E-state index contributed by atoms with van der Waals surface area (Å²) in [5.41, 5.74) is 0. The summed E-state index contributed by atoms with van der Waals surface area (Å²) in [5.74, 6) is 0.620. The molecule has 1 aliphatic heterocycles. The topological polar surface area (TPSA) is 67.4 Å². The van der Waals surface area contributed by atoms with E-state index in [1.165, 1.54) is 0 Å². The van der Waals surface area contributed by atoms with Crippen LogP contribution in [0.5, 0.6) is 0 Å². The highest BCUT2D eigenvalue weighted by Crippen LogP contribution is 2.09. The van der Waals surface area contributed by atoms with Crippen LogP contribution in [-0.4, -0.2) is 46.5 Å². The second-order valence-corrected chi connectivity index (χ2v) is 7.25. The number of hydrogen-bond acceptors (Lipinski definition) is 4. The smallest absolute Gasteiger partial charge is 0.215 e. The SMILES string of the molecule is CC(C)CCOCCNS(=O)(=O)C1CCCNC1. The molecule has 0 aromatic rings. The summed E-state index contributed by atoms with van der Waals surface area (Å²) in [6.45, 7) is 7.28. The lowest BCUT2D eigenvalue weighted by Gasteiger charge is -2.23. The Labute approximate surface area is 111 Å². The van der Waals surface area contributed by atoms with Crippen molar-refractivity contribution in [2.45, 2.75) is 38.4 Å². The summed E-state index contributed by atoms with van der Waals surface area (Å²) >= 11 is 0. The number of hydrogen-bond donors (Lipinski definition) is 2. The van der Waals surface area contributed by atoms with E-state index in [0.717, 1.165) is 25.8 Å². The lowest BCUT2D eigenvalue weighted by molar-refractivity contribution is 0.128. The van der Waals surface area contributed by atoms with Crippen LogP contribution in [0.1, 0.15) is 33.1 Å². The number of ether oxygens (including phenoxy) is 1. The molecule has 1 unspecified atom stereocenters. The first-order chi connectivity index (χ1) is 8.52. The van der Waals surface area contributed by atoms with Gasteiger partial charge in [0.05, 0.1) is 11.9 Å². The fourth-order valence-electron chi connectivity index (χ4n) is 1.88. The van der Waals surface area contributed by atoms with Gasteiger partial charge in [-0.2, -0.15) is 0 Å². The van der Waals surface area contributed by atoms with Crippen LogP contribution in [0, 0.1) is 5.92 Å². The number of sulfonamides is 1. The minimum Gasteiger partial charge on any atom is -0.380 e. The predicted molar refractivity (Wildman–Crippen MR) is 73.1 cm³/mol. The van der Waals surface area contributed by atoms with Gasteiger partial charge in [-0.05, 0) is 31.7 Å². The molecule has 0 aliphatic carbocycles. The van der Waals surface area contributed by atoms with E-state index in [0.29, 0.717) is 32.2 Å². The van der Waals surface area contributed by atoms with E-state index >= 15 is 0 Å². The molecule has 1 rings (SSSR count). The molecule has 6 heteroatoms. The normalized spacial score (nSPS) is 21.4. The Morgan fingerprint density at radius 1 is 1.39 bits per heavy atom. The molecule has 1 aliphatic rings. The predicted octanol–water partition coefficient (Wildman–Crippen LogP) is 0.721. The van der Waals surface area contributed by atoms with Gasteiger partial charge in [-0.25, -0.2) is 13.1 Å². The zero-order chi connectivity index (χ0) is 13.4. The Hall–Kier alpha value is -0.170. The Morgan fingerprint density at radius 2 is 2.17 bits per heavy atom. The zero-order valence-corrected chi connectivity index (χ0v) is 12.3. The van der Waals surface area contributed by atoms with Gasteiger partial charge < -0.3 is 10.1 Å². The average molecular weight is 278 g/mol. The maximum Gasteiger partial charge on any atom is 0.215 e. The van der Waals surface area contributed by atoms with Gasteiger partial charge in [-0.1, -0.05) is 13.8 Å². The van der Waals surface area contributed by atoms with Crippen molar-refractivity contribution in [2.24, 2.45) is 5.92 Å². The number of piperidine rings is 1. The lowest BCUT2D eigenvalue weighted by atomic mass is 10.1. The first-order valence-electron chi connectivity index (χ1n) is 6.79. The molecule has 0 amide bonds. The summed E-state index contributed by atoms with van der Waals surface area (Å²) in [4.78, 5) is 0. The van der Waals surface area contributed by atoms with Crippen LogP contribution in [0.15, 0.2) is 0 Å². The zero-order valence-electron chi connectivity index (χ0n) is 11.4. The van der Waals surface area contributed by atoms with Gasteiger partial charge in [0.15, 0.2) is 0 Å². The van der Waals surface area contributed by atoms with E-state index < -0.39 is 10.0 Å². The van der Waals surface area contributed by atoms with Crippen molar-refractivity contribution < 1.29 is 13.2 Å². The van der Waals surface area contributed by atoms with E-state index in [1.54, 1.807) is 0 Å². The molecule has 108 valence electrons. The maximum atomic E-state index is 11.9. The average Bonchev–Trinajstić information content (AvgIpc) is 2.34. The third-order valence-electron chi connectivity index (χ3n) is 3.08. The van der Waals surface area contributed by atoms with Crippen molar-refractivity contribution in [3.05, 3.63) is 0 Å². The van der Waals surface area contributed by atoms with E-state index in [9.17, 15) is 8.42 Å². The van der Waals surface area contributed by atoms with Gasteiger partial charge in [0.25, 0.3) is 0 Å². The monoisotopic (exact) mass is 278 g/mol. The quantitative estimate of drug-likeness (QED) is 0.642. The molecule has 2 N–H and O–H groups in total. The first kappa shape index (κ1) is 15.9. The Morgan fingerprint density at radius 3 is 2.78 bits per heavy atom. The van der Waals surface area contributed by atoms with Crippen molar-refractivity contribution in [1.29, 1.82) is 0 Å². The van der Waals surface area contributed by atoms with Crippen LogP contribution >= 0.6 is 0 Å². The van der Waals surface area contributed by atoms with Gasteiger partial charge in [-0.15, -0.1) is 0 Å². The molecule has 5 nitrogen and oxygen atoms in total. The molecule has 0 saturated carbocycles. The van der Waals surface area contributed by atoms with Crippen molar-refractivity contribution in [3.8, 4) is 0 Å². The maximum absolute atomic E-state index is 11.9. The third-order valence-corrected chi connectivity index (χ3v) is 4.97. The molecule has 0 aromatic carbocycles. The molecule has 1 heterocycles. The minimum atomic E-state index is -3.18. The number of nitrogens with one attached hydrogen (secondary N) is 2. The molecule has 0 spiro atoms. The van der Waals surface area contributed by atoms with Gasteiger partial charge >= 0.3 is 0 Å². The molecular weight excluding hydrogens is 252 g/mol. The lowest BCUT2D eigenvalue weighted by Crippen LogP contribution is -2.45. The molecule has 1 fully saturated rings. The van der Waals surface area contributed by atoms with Crippen LogP contribution in [0.4, 0.5) is 0 Å². The summed E-state index contributed by atoms with van der Waals surface area (Å²) in [6, 6.07) is 0. The fraction of sp³-hybridized carbons (Fsp3) is 1.00. The summed E-state index contributed by atoms with van der Waals surface area (Å²) in [6.07, 6.45) is 2.69. The molecular formula is C12H26N2O3S. The fourth-order valence-corrected chi connectivity index (χ4v) is 3.30. The van der Waals surface area contributed by atoms with Crippen molar-refractivity contribution >= 4 is 10.0 Å². The van der Waals surface area contributed by atoms with Crippen LogP contribution in [-0.2, 0) is 14.8 Å². The largest absolute Gasteiger partial charge is 0.380 e. The second-order valence-electron chi connectivity index (χ2n) is 5.20. The van der Waals surface area contributed by atoms with Crippen molar-refractivity contribution in [2.75, 3.05) is 32.8 Å². The highest BCUT2D eigenvalue weighted by atomic mass is 32.2. The highest BCUT2D eigenvalue weighted by Gasteiger charge is 2.26. The Kier molecular flexibility index (Phi) is 7.14. The molecule has 0 radical (unpaired) electrons.